The van der Waals surface area contributed by atoms with Crippen LogP contribution in [0.3, 0.4) is 0 Å². The van der Waals surface area contributed by atoms with Gasteiger partial charge in [-0.1, -0.05) is 0 Å². The number of aliphatic hydroxyl groups is 1. The molecule has 2 aromatic heterocycles. The van der Waals surface area contributed by atoms with E-state index in [4.69, 9.17) is 9.84 Å². The maximum Gasteiger partial charge on any atom is 0.349 e. The maximum absolute atomic E-state index is 11.5. The standard InChI is InChI=1S/C11H17N5O3/c1-7-12-9(13-8(3-4-17)6-19-2)5-10-14-15-11(18)16(7)10/h5,8,13,17H,3-4,6H2,1-2H3,(H,15,18). The summed E-state index contributed by atoms with van der Waals surface area (Å²) in [4.78, 5) is 15.8. The van der Waals surface area contributed by atoms with Gasteiger partial charge in [0.2, 0.25) is 0 Å². The molecule has 0 aliphatic carbocycles. The molecule has 19 heavy (non-hydrogen) atoms. The average Bonchev–Trinajstić information content (AvgIpc) is 2.72. The topological polar surface area (TPSA) is 105 Å². The number of aliphatic hydroxyl groups excluding tert-OH is 1. The second-order valence-electron chi connectivity index (χ2n) is 4.22. The SMILES string of the molecule is COCC(CCO)Nc1cc2n[nH]c(=O)n2c(C)n1. The third kappa shape index (κ3) is 2.91. The summed E-state index contributed by atoms with van der Waals surface area (Å²) in [5.41, 5.74) is 0.190. The molecule has 0 spiro atoms. The van der Waals surface area contributed by atoms with Crippen molar-refractivity contribution in [1.29, 1.82) is 0 Å². The maximum atomic E-state index is 11.5. The molecule has 0 bridgehead atoms. The van der Waals surface area contributed by atoms with Crippen molar-refractivity contribution < 1.29 is 9.84 Å². The van der Waals surface area contributed by atoms with E-state index < -0.39 is 0 Å². The lowest BCUT2D eigenvalue weighted by molar-refractivity contribution is 0.170. The number of H-pyrrole nitrogens is 1. The molecule has 3 N–H and O–H groups in total. The molecule has 2 aromatic rings. The van der Waals surface area contributed by atoms with E-state index in [0.717, 1.165) is 0 Å². The van der Waals surface area contributed by atoms with Crippen LogP contribution in [0.1, 0.15) is 12.2 Å². The third-order valence-corrected chi connectivity index (χ3v) is 2.77. The molecule has 8 heteroatoms. The second kappa shape index (κ2) is 5.81. The van der Waals surface area contributed by atoms with E-state index in [0.29, 0.717) is 30.3 Å². The summed E-state index contributed by atoms with van der Waals surface area (Å²) in [7, 11) is 1.60. The van der Waals surface area contributed by atoms with Crippen molar-refractivity contribution in [3.8, 4) is 0 Å². The average molecular weight is 267 g/mol. The van der Waals surface area contributed by atoms with Crippen LogP contribution in [0.5, 0.6) is 0 Å². The molecule has 0 radical (unpaired) electrons. The lowest BCUT2D eigenvalue weighted by atomic mass is 10.2. The highest BCUT2D eigenvalue weighted by atomic mass is 16.5. The Morgan fingerprint density at radius 1 is 1.63 bits per heavy atom. The monoisotopic (exact) mass is 267 g/mol. The van der Waals surface area contributed by atoms with Gasteiger partial charge in [0.25, 0.3) is 0 Å². The molecule has 0 amide bonds. The normalized spacial score (nSPS) is 12.8. The van der Waals surface area contributed by atoms with E-state index >= 15 is 0 Å². The molecular formula is C11H17N5O3. The van der Waals surface area contributed by atoms with Gasteiger partial charge in [0.1, 0.15) is 11.6 Å². The van der Waals surface area contributed by atoms with Crippen molar-refractivity contribution >= 4 is 11.5 Å². The molecule has 104 valence electrons. The van der Waals surface area contributed by atoms with Crippen molar-refractivity contribution in [3.05, 3.63) is 22.4 Å². The summed E-state index contributed by atoms with van der Waals surface area (Å²) >= 11 is 0. The molecule has 0 aromatic carbocycles. The van der Waals surface area contributed by atoms with E-state index in [9.17, 15) is 4.79 Å². The van der Waals surface area contributed by atoms with E-state index in [1.54, 1.807) is 20.1 Å². The van der Waals surface area contributed by atoms with Gasteiger partial charge < -0.3 is 15.2 Å². The fourth-order valence-electron chi connectivity index (χ4n) is 1.93. The smallest absolute Gasteiger partial charge is 0.349 e. The highest BCUT2D eigenvalue weighted by molar-refractivity contribution is 5.50. The number of rotatable bonds is 6. The number of aromatic amines is 1. The zero-order valence-electron chi connectivity index (χ0n) is 10.9. The van der Waals surface area contributed by atoms with Crippen LogP contribution in [0.15, 0.2) is 10.9 Å². The van der Waals surface area contributed by atoms with Gasteiger partial charge in [-0.05, 0) is 13.3 Å². The molecule has 0 saturated carbocycles. The summed E-state index contributed by atoms with van der Waals surface area (Å²) in [6.45, 7) is 2.25. The molecule has 1 unspecified atom stereocenters. The summed E-state index contributed by atoms with van der Waals surface area (Å²) in [5.74, 6) is 1.14. The van der Waals surface area contributed by atoms with Gasteiger partial charge in [-0.15, -0.1) is 0 Å². The lowest BCUT2D eigenvalue weighted by Gasteiger charge is -2.17. The Balaban J connectivity index is 2.27. The minimum Gasteiger partial charge on any atom is -0.396 e. The Hall–Kier alpha value is -1.93. The van der Waals surface area contributed by atoms with Gasteiger partial charge in [-0.25, -0.2) is 19.3 Å². The van der Waals surface area contributed by atoms with Crippen LogP contribution in [0.2, 0.25) is 0 Å². The van der Waals surface area contributed by atoms with Gasteiger partial charge in [0, 0.05) is 19.8 Å². The molecule has 8 nitrogen and oxygen atoms in total. The highest BCUT2D eigenvalue weighted by Crippen LogP contribution is 2.10. The number of fused-ring (bicyclic) bond motifs is 1. The number of methoxy groups -OCH3 is 1. The predicted octanol–water partition coefficient (Wildman–Crippen LogP) is -0.465. The van der Waals surface area contributed by atoms with Crippen LogP contribution in [0, 0.1) is 6.92 Å². The number of aromatic nitrogens is 4. The number of hydrogen-bond acceptors (Lipinski definition) is 6. The van der Waals surface area contributed by atoms with E-state index in [1.165, 1.54) is 4.40 Å². The summed E-state index contributed by atoms with van der Waals surface area (Å²) in [5, 5.41) is 18.4. The van der Waals surface area contributed by atoms with E-state index in [2.05, 4.69) is 20.5 Å². The molecule has 2 heterocycles. The van der Waals surface area contributed by atoms with Crippen LogP contribution < -0.4 is 11.0 Å². The number of aryl methyl sites for hydroxylation is 1. The first-order valence-electron chi connectivity index (χ1n) is 5.97. The molecule has 1 atom stereocenters. The van der Waals surface area contributed by atoms with Crippen LogP contribution >= 0.6 is 0 Å². The zero-order valence-corrected chi connectivity index (χ0v) is 10.9. The van der Waals surface area contributed by atoms with Crippen LogP contribution in [0.25, 0.3) is 5.65 Å². The molecule has 0 aliphatic rings. The Morgan fingerprint density at radius 2 is 2.42 bits per heavy atom. The minimum atomic E-state index is -0.310. The number of anilines is 1. The molecule has 0 saturated heterocycles. The first kappa shape index (κ1) is 13.5. The van der Waals surface area contributed by atoms with Crippen LogP contribution in [-0.2, 0) is 4.74 Å². The van der Waals surface area contributed by atoms with Crippen molar-refractivity contribution in [3.63, 3.8) is 0 Å². The van der Waals surface area contributed by atoms with Gasteiger partial charge in [-0.3, -0.25) is 0 Å². The van der Waals surface area contributed by atoms with Crippen molar-refractivity contribution in [1.82, 2.24) is 19.6 Å². The summed E-state index contributed by atoms with van der Waals surface area (Å²) in [6.07, 6.45) is 0.549. The molecule has 0 fully saturated rings. The van der Waals surface area contributed by atoms with Crippen molar-refractivity contribution in [2.24, 2.45) is 0 Å². The number of ether oxygens (including phenoxy) is 1. The molecular weight excluding hydrogens is 250 g/mol. The quantitative estimate of drug-likeness (QED) is 0.654. The number of hydrogen-bond donors (Lipinski definition) is 3. The van der Waals surface area contributed by atoms with Crippen LogP contribution in [-0.4, -0.2) is 51.1 Å². The van der Waals surface area contributed by atoms with Gasteiger partial charge in [0.15, 0.2) is 5.65 Å². The fourth-order valence-corrected chi connectivity index (χ4v) is 1.93. The van der Waals surface area contributed by atoms with Gasteiger partial charge in [-0.2, -0.15) is 5.10 Å². The third-order valence-electron chi connectivity index (χ3n) is 2.77. The Labute approximate surface area is 109 Å². The first-order chi connectivity index (χ1) is 9.15. The Bertz CT molecular complexity index is 600. The minimum absolute atomic E-state index is 0.0463. The van der Waals surface area contributed by atoms with Crippen molar-refractivity contribution in [2.45, 2.75) is 19.4 Å². The molecule has 0 aliphatic heterocycles. The lowest BCUT2D eigenvalue weighted by Crippen LogP contribution is -2.27. The Morgan fingerprint density at radius 3 is 3.11 bits per heavy atom. The fraction of sp³-hybridized carbons (Fsp3) is 0.545. The van der Waals surface area contributed by atoms with E-state index in [-0.39, 0.29) is 18.3 Å². The number of nitrogens with zero attached hydrogens (tertiary/aromatic N) is 3. The predicted molar refractivity (Wildman–Crippen MR) is 69.3 cm³/mol. The zero-order chi connectivity index (χ0) is 13.8. The van der Waals surface area contributed by atoms with E-state index in [1.807, 2.05) is 0 Å². The first-order valence-corrected chi connectivity index (χ1v) is 5.97. The summed E-state index contributed by atoms with van der Waals surface area (Å²) in [6, 6.07) is 1.63. The van der Waals surface area contributed by atoms with Gasteiger partial charge in [0.05, 0.1) is 12.6 Å². The molecule has 2 rings (SSSR count). The van der Waals surface area contributed by atoms with Crippen LogP contribution in [0.4, 0.5) is 5.82 Å². The largest absolute Gasteiger partial charge is 0.396 e. The van der Waals surface area contributed by atoms with Gasteiger partial charge >= 0.3 is 5.69 Å². The number of nitrogens with one attached hydrogen (secondary N) is 2. The second-order valence-corrected chi connectivity index (χ2v) is 4.22. The highest BCUT2D eigenvalue weighted by Gasteiger charge is 2.11. The summed E-state index contributed by atoms with van der Waals surface area (Å²) < 4.78 is 6.46. The van der Waals surface area contributed by atoms with Crippen molar-refractivity contribution in [2.75, 3.05) is 25.6 Å². The Kier molecular flexibility index (Phi) is 4.13.